The molecule has 3 heterocycles. The lowest BCUT2D eigenvalue weighted by molar-refractivity contribution is 0.590. The van der Waals surface area contributed by atoms with Crippen molar-refractivity contribution < 1.29 is 0 Å². The van der Waals surface area contributed by atoms with Crippen molar-refractivity contribution in [2.24, 2.45) is 0 Å². The van der Waals surface area contributed by atoms with Crippen LogP contribution in [0, 0.1) is 0 Å². The number of benzene rings is 7. The highest BCUT2D eigenvalue weighted by atomic mass is 32.1. The zero-order valence-electron chi connectivity index (χ0n) is 35.2. The Morgan fingerprint density at radius 2 is 1.03 bits per heavy atom. The molecule has 0 radical (unpaired) electrons. The average Bonchev–Trinajstić information content (AvgIpc) is 3.58. The second kappa shape index (κ2) is 13.0. The first-order chi connectivity index (χ1) is 27.7. The van der Waals surface area contributed by atoms with E-state index >= 15 is 0 Å². The second-order valence-electron chi connectivity index (χ2n) is 19.5. The smallest absolute Gasteiger partial charge is 0.252 e. The molecule has 10 rings (SSSR count). The summed E-state index contributed by atoms with van der Waals surface area (Å²) < 4.78 is 2.65. The molecule has 4 heteroatoms. The van der Waals surface area contributed by atoms with E-state index in [9.17, 15) is 0 Å². The molecule has 1 aromatic heterocycles. The Hall–Kier alpha value is -5.58. The van der Waals surface area contributed by atoms with Crippen LogP contribution in [0.5, 0.6) is 0 Å². The third-order valence-corrected chi connectivity index (χ3v) is 13.7. The normalized spacial score (nSPS) is 13.8. The maximum Gasteiger partial charge on any atom is 0.252 e. The van der Waals surface area contributed by atoms with Crippen LogP contribution in [-0.2, 0) is 16.2 Å². The van der Waals surface area contributed by atoms with E-state index in [1.165, 1.54) is 98.5 Å². The molecule has 58 heavy (non-hydrogen) atoms. The van der Waals surface area contributed by atoms with Crippen LogP contribution < -0.4 is 26.2 Å². The Morgan fingerprint density at radius 3 is 1.76 bits per heavy atom. The van der Waals surface area contributed by atoms with Crippen LogP contribution in [-0.4, -0.2) is 6.71 Å². The van der Waals surface area contributed by atoms with E-state index in [1.807, 2.05) is 11.3 Å². The molecular weight excluding hydrogens is 719 g/mol. The molecule has 0 atom stereocenters. The van der Waals surface area contributed by atoms with E-state index in [0.717, 1.165) is 0 Å². The summed E-state index contributed by atoms with van der Waals surface area (Å²) in [5.74, 6) is 0. The molecule has 0 aliphatic carbocycles. The maximum absolute atomic E-state index is 2.56. The number of thiophene rings is 1. The highest BCUT2D eigenvalue weighted by Gasteiger charge is 2.44. The van der Waals surface area contributed by atoms with E-state index in [0.29, 0.717) is 0 Å². The van der Waals surface area contributed by atoms with Crippen LogP contribution in [0.2, 0.25) is 0 Å². The topological polar surface area (TPSA) is 6.48 Å². The lowest BCUT2D eigenvalue weighted by atomic mass is 9.33. The van der Waals surface area contributed by atoms with Crippen LogP contribution >= 0.6 is 11.3 Å². The van der Waals surface area contributed by atoms with Gasteiger partial charge in [-0.3, -0.25) is 0 Å². The summed E-state index contributed by atoms with van der Waals surface area (Å²) in [6, 6.07) is 55.7. The van der Waals surface area contributed by atoms with E-state index in [2.05, 4.69) is 218 Å². The van der Waals surface area contributed by atoms with Crippen LogP contribution in [0.1, 0.15) is 79.0 Å². The van der Waals surface area contributed by atoms with Gasteiger partial charge in [-0.1, -0.05) is 147 Å². The standard InChI is InChI=1S/C54H51BN2S/c1-52(2,3)35-23-27-38(28-24-35)56-44-30-26-36(53(4,5)6)32-43(44)55-42-29-25-37(54(7,8)9)33-47(42)57(46-20-14-19-45(56)51(46)55)39-16-12-15-34(31-39)40-18-13-22-49-50(40)41-17-10-11-21-48(41)58-49/h10-33H,1-9H3. The number of anilines is 6. The Balaban J connectivity index is 1.24. The summed E-state index contributed by atoms with van der Waals surface area (Å²) in [5.41, 5.74) is 18.0. The van der Waals surface area contributed by atoms with Gasteiger partial charge in [0.05, 0.1) is 0 Å². The van der Waals surface area contributed by atoms with Crippen LogP contribution in [0.25, 0.3) is 31.3 Å². The molecule has 7 aromatic carbocycles. The maximum atomic E-state index is 2.56. The third-order valence-electron chi connectivity index (χ3n) is 12.5. The molecule has 8 aromatic rings. The van der Waals surface area contributed by atoms with Gasteiger partial charge in [0.1, 0.15) is 0 Å². The summed E-state index contributed by atoms with van der Waals surface area (Å²) in [4.78, 5) is 5.09. The number of fused-ring (bicyclic) bond motifs is 7. The Kier molecular flexibility index (Phi) is 8.21. The predicted molar refractivity (Wildman–Crippen MR) is 255 cm³/mol. The minimum atomic E-state index is -0.0137. The highest BCUT2D eigenvalue weighted by molar-refractivity contribution is 7.26. The molecule has 0 amide bonds. The fourth-order valence-corrected chi connectivity index (χ4v) is 10.5. The zero-order chi connectivity index (χ0) is 40.3. The monoisotopic (exact) mass is 770 g/mol. The second-order valence-corrected chi connectivity index (χ2v) is 20.6. The summed E-state index contributed by atoms with van der Waals surface area (Å²) in [6.07, 6.45) is 0. The van der Waals surface area contributed by atoms with E-state index in [4.69, 9.17) is 0 Å². The summed E-state index contributed by atoms with van der Waals surface area (Å²) in [7, 11) is 0. The number of hydrogen-bond acceptors (Lipinski definition) is 3. The molecule has 0 fully saturated rings. The molecule has 0 saturated heterocycles. The minimum Gasteiger partial charge on any atom is -0.311 e. The lowest BCUT2D eigenvalue weighted by Crippen LogP contribution is -2.61. The van der Waals surface area contributed by atoms with Crippen molar-refractivity contribution in [2.45, 2.75) is 78.6 Å². The summed E-state index contributed by atoms with van der Waals surface area (Å²) in [6.45, 7) is 20.9. The van der Waals surface area contributed by atoms with Crippen molar-refractivity contribution in [3.05, 3.63) is 162 Å². The molecule has 286 valence electrons. The van der Waals surface area contributed by atoms with Gasteiger partial charge in [-0.2, -0.15) is 0 Å². The molecule has 0 bridgehead atoms. The molecule has 0 spiro atoms. The quantitative estimate of drug-likeness (QED) is 0.165. The van der Waals surface area contributed by atoms with Gasteiger partial charge >= 0.3 is 0 Å². The number of nitrogens with zero attached hydrogens (tertiary/aromatic N) is 2. The van der Waals surface area contributed by atoms with Gasteiger partial charge in [0, 0.05) is 54.3 Å². The van der Waals surface area contributed by atoms with Crippen LogP contribution in [0.4, 0.5) is 34.1 Å². The van der Waals surface area contributed by atoms with Gasteiger partial charge in [0.2, 0.25) is 0 Å². The Morgan fingerprint density at radius 1 is 0.431 bits per heavy atom. The first kappa shape index (κ1) is 36.7. The average molecular weight is 771 g/mol. The molecule has 0 unspecified atom stereocenters. The minimum absolute atomic E-state index is 0.00467. The molecule has 2 nitrogen and oxygen atoms in total. The Labute approximate surface area is 348 Å². The van der Waals surface area contributed by atoms with Gasteiger partial charge in [0.25, 0.3) is 6.71 Å². The largest absolute Gasteiger partial charge is 0.311 e. The van der Waals surface area contributed by atoms with Gasteiger partial charge in [-0.15, -0.1) is 11.3 Å². The first-order valence-electron chi connectivity index (χ1n) is 20.8. The molecular formula is C54H51BN2S. The van der Waals surface area contributed by atoms with Crippen molar-refractivity contribution in [1.29, 1.82) is 0 Å². The fourth-order valence-electron chi connectivity index (χ4n) is 9.36. The SMILES string of the molecule is CC(C)(C)c1ccc(N2c3ccc(C(C)(C)C)cc3B3c4ccc(C(C)(C)C)cc4N(c4cccc(-c5cccc6sc7ccccc7c56)c4)c4cccc2c43)cc1. The lowest BCUT2D eigenvalue weighted by Gasteiger charge is -2.45. The number of hydrogen-bond donors (Lipinski definition) is 0. The van der Waals surface area contributed by atoms with Crippen molar-refractivity contribution in [2.75, 3.05) is 9.80 Å². The first-order valence-corrected chi connectivity index (χ1v) is 21.6. The Bertz CT molecular complexity index is 2920. The van der Waals surface area contributed by atoms with Crippen molar-refractivity contribution in [3.63, 3.8) is 0 Å². The summed E-state index contributed by atoms with van der Waals surface area (Å²) >= 11 is 1.88. The van der Waals surface area contributed by atoms with E-state index in [1.54, 1.807) is 0 Å². The van der Waals surface area contributed by atoms with Crippen LogP contribution in [0.3, 0.4) is 0 Å². The fraction of sp³-hybridized carbons (Fsp3) is 0.222. The van der Waals surface area contributed by atoms with Crippen molar-refractivity contribution in [1.82, 2.24) is 0 Å². The molecule has 0 saturated carbocycles. The highest BCUT2D eigenvalue weighted by Crippen LogP contribution is 2.47. The molecule has 0 N–H and O–H groups in total. The van der Waals surface area contributed by atoms with Crippen molar-refractivity contribution in [3.8, 4) is 11.1 Å². The molecule has 2 aliphatic heterocycles. The zero-order valence-corrected chi connectivity index (χ0v) is 36.1. The van der Waals surface area contributed by atoms with E-state index < -0.39 is 0 Å². The third kappa shape index (κ3) is 5.82. The molecule has 2 aliphatic rings. The van der Waals surface area contributed by atoms with Crippen molar-refractivity contribution >= 4 is 88.7 Å². The predicted octanol–water partition coefficient (Wildman–Crippen LogP) is 13.7. The van der Waals surface area contributed by atoms with Crippen LogP contribution in [0.15, 0.2) is 146 Å². The summed E-state index contributed by atoms with van der Waals surface area (Å²) in [5, 5.41) is 2.66. The van der Waals surface area contributed by atoms with Gasteiger partial charge in [-0.25, -0.2) is 0 Å². The van der Waals surface area contributed by atoms with Gasteiger partial charge in [-0.05, 0) is 121 Å². The number of rotatable bonds is 3. The van der Waals surface area contributed by atoms with Gasteiger partial charge < -0.3 is 9.80 Å². The van der Waals surface area contributed by atoms with Gasteiger partial charge in [0.15, 0.2) is 0 Å². The van der Waals surface area contributed by atoms with E-state index in [-0.39, 0.29) is 23.0 Å².